The first-order valence-corrected chi connectivity index (χ1v) is 13.3. The molecule has 2 heterocycles. The Hall–Kier alpha value is -4.09. The Bertz CT molecular complexity index is 1490. The maximum atomic E-state index is 13.9. The van der Waals surface area contributed by atoms with Crippen LogP contribution in [0, 0.1) is 16.0 Å². The van der Waals surface area contributed by atoms with Crippen LogP contribution in [0.25, 0.3) is 0 Å². The summed E-state index contributed by atoms with van der Waals surface area (Å²) in [5.41, 5.74) is 0.709. The van der Waals surface area contributed by atoms with Crippen molar-refractivity contribution in [3.63, 3.8) is 0 Å². The van der Waals surface area contributed by atoms with Crippen LogP contribution in [0.3, 0.4) is 0 Å². The van der Waals surface area contributed by atoms with Crippen molar-refractivity contribution in [3.05, 3.63) is 86.9 Å². The van der Waals surface area contributed by atoms with E-state index in [0.717, 1.165) is 5.56 Å². The van der Waals surface area contributed by atoms with Gasteiger partial charge in [-0.3, -0.25) is 14.9 Å². The Balaban J connectivity index is 1.51. The fraction of sp³-hybridized carbons (Fsp3) is 0.286. The number of nitro benzene ring substituents is 1. The standard InChI is InChI=1S/C28H27ClN4O6S/c1-28-24(26(34)30-18-7-5-17(29)6-8-18)25(20-15-19(33(35)36)9-11-21(20)39-28)31-27(40)32(28)13-12-16-4-10-22(37-2)23(14-16)38-3/h4-11,14-15,24-25H,12-13H2,1-3H3,(H,30,34)(H,31,40)/t24-,25-,28+/m1/s1. The smallest absolute Gasteiger partial charge is 0.270 e. The third kappa shape index (κ3) is 4.98. The van der Waals surface area contributed by atoms with Crippen molar-refractivity contribution in [2.45, 2.75) is 25.1 Å². The molecule has 0 aromatic heterocycles. The number of ether oxygens (including phenoxy) is 3. The number of halogens is 1. The highest BCUT2D eigenvalue weighted by atomic mass is 35.5. The normalized spacial score (nSPS) is 21.0. The number of nitrogens with zero attached hydrogens (tertiary/aromatic N) is 2. The molecule has 1 amide bonds. The van der Waals surface area contributed by atoms with Crippen molar-refractivity contribution in [2.75, 3.05) is 26.1 Å². The van der Waals surface area contributed by atoms with E-state index in [-0.39, 0.29) is 11.6 Å². The first-order chi connectivity index (χ1) is 19.1. The van der Waals surface area contributed by atoms with Gasteiger partial charge in [0, 0.05) is 35.0 Å². The third-order valence-electron chi connectivity index (χ3n) is 7.29. The molecule has 0 unspecified atom stereocenters. The number of fused-ring (bicyclic) bond motifs is 4. The number of anilines is 1. The van der Waals surface area contributed by atoms with E-state index in [9.17, 15) is 14.9 Å². The van der Waals surface area contributed by atoms with Gasteiger partial charge in [0.2, 0.25) is 5.91 Å². The number of methoxy groups -OCH3 is 2. The molecule has 2 aliphatic rings. The number of amides is 1. The molecular formula is C28H27ClN4O6S. The minimum Gasteiger partial charge on any atom is -0.493 e. The molecule has 0 radical (unpaired) electrons. The average Bonchev–Trinajstić information content (AvgIpc) is 2.93. The van der Waals surface area contributed by atoms with E-state index in [1.807, 2.05) is 30.0 Å². The summed E-state index contributed by atoms with van der Waals surface area (Å²) in [6.45, 7) is 2.23. The van der Waals surface area contributed by atoms with Crippen LogP contribution in [0.2, 0.25) is 5.02 Å². The molecule has 10 nitrogen and oxygen atoms in total. The van der Waals surface area contributed by atoms with Crippen molar-refractivity contribution < 1.29 is 23.9 Å². The number of thiocarbonyl (C=S) groups is 1. The van der Waals surface area contributed by atoms with Gasteiger partial charge in [-0.05, 0) is 73.6 Å². The Morgan fingerprint density at radius 1 is 1.15 bits per heavy atom. The minimum absolute atomic E-state index is 0.105. The summed E-state index contributed by atoms with van der Waals surface area (Å²) in [6, 6.07) is 16.1. The number of non-ortho nitro benzene ring substituents is 1. The zero-order valence-corrected chi connectivity index (χ0v) is 23.5. The lowest BCUT2D eigenvalue weighted by atomic mass is 9.78. The van der Waals surface area contributed by atoms with Crippen molar-refractivity contribution in [2.24, 2.45) is 5.92 Å². The summed E-state index contributed by atoms with van der Waals surface area (Å²) in [7, 11) is 3.16. The van der Waals surface area contributed by atoms with Crippen LogP contribution in [-0.2, 0) is 11.2 Å². The van der Waals surface area contributed by atoms with Crippen molar-refractivity contribution >= 4 is 46.2 Å². The van der Waals surface area contributed by atoms with Crippen LogP contribution in [0.1, 0.15) is 24.1 Å². The van der Waals surface area contributed by atoms with Crippen LogP contribution in [0.5, 0.6) is 17.2 Å². The summed E-state index contributed by atoms with van der Waals surface area (Å²) in [5.74, 6) is 0.513. The van der Waals surface area contributed by atoms with Gasteiger partial charge in [-0.15, -0.1) is 0 Å². The quantitative estimate of drug-likeness (QED) is 0.212. The molecule has 1 fully saturated rings. The lowest BCUT2D eigenvalue weighted by Crippen LogP contribution is -2.71. The van der Waals surface area contributed by atoms with Crippen LogP contribution < -0.4 is 24.8 Å². The SMILES string of the molecule is COc1ccc(CCN2C(=S)N[C@@H]3c4cc([N+](=O)[O-])ccc4O[C@@]2(C)[C@H]3C(=O)Nc2ccc(Cl)cc2)cc1OC. The molecule has 2 bridgehead atoms. The average molecular weight is 583 g/mol. The molecular weight excluding hydrogens is 556 g/mol. The second kappa shape index (κ2) is 10.8. The highest BCUT2D eigenvalue weighted by molar-refractivity contribution is 7.80. The Morgan fingerprint density at radius 2 is 1.88 bits per heavy atom. The second-order valence-electron chi connectivity index (χ2n) is 9.63. The number of rotatable bonds is 8. The summed E-state index contributed by atoms with van der Waals surface area (Å²) in [5, 5.41) is 18.7. The van der Waals surface area contributed by atoms with Gasteiger partial charge in [0.15, 0.2) is 22.3 Å². The lowest BCUT2D eigenvalue weighted by Gasteiger charge is -2.56. The Morgan fingerprint density at radius 3 is 2.55 bits per heavy atom. The van der Waals surface area contributed by atoms with E-state index in [1.165, 1.54) is 12.1 Å². The molecule has 40 heavy (non-hydrogen) atoms. The van der Waals surface area contributed by atoms with E-state index in [1.54, 1.807) is 44.6 Å². The second-order valence-corrected chi connectivity index (χ2v) is 10.5. The maximum Gasteiger partial charge on any atom is 0.270 e. The minimum atomic E-state index is -1.21. The number of hydrogen-bond acceptors (Lipinski definition) is 7. The van der Waals surface area contributed by atoms with Crippen molar-refractivity contribution in [1.82, 2.24) is 10.2 Å². The third-order valence-corrected chi connectivity index (χ3v) is 7.88. The molecule has 0 saturated carbocycles. The molecule has 2 aliphatic heterocycles. The molecule has 3 aromatic carbocycles. The van der Waals surface area contributed by atoms with Gasteiger partial charge < -0.3 is 29.7 Å². The predicted molar refractivity (Wildman–Crippen MR) is 154 cm³/mol. The van der Waals surface area contributed by atoms with E-state index >= 15 is 0 Å². The molecule has 12 heteroatoms. The number of carbonyl (C=O) groups excluding carboxylic acids is 1. The van der Waals surface area contributed by atoms with E-state index in [0.29, 0.717) is 51.6 Å². The number of carbonyl (C=O) groups is 1. The van der Waals surface area contributed by atoms with Crippen molar-refractivity contribution in [3.8, 4) is 17.2 Å². The van der Waals surface area contributed by atoms with Crippen LogP contribution in [-0.4, -0.2) is 47.3 Å². The van der Waals surface area contributed by atoms with Crippen molar-refractivity contribution in [1.29, 1.82) is 0 Å². The molecule has 3 aromatic rings. The van der Waals surface area contributed by atoms with Gasteiger partial charge in [0.1, 0.15) is 11.7 Å². The Kier molecular flexibility index (Phi) is 7.43. The van der Waals surface area contributed by atoms with Gasteiger partial charge in [0.25, 0.3) is 5.69 Å². The van der Waals surface area contributed by atoms with Crippen LogP contribution in [0.4, 0.5) is 11.4 Å². The van der Waals surface area contributed by atoms with Crippen LogP contribution >= 0.6 is 23.8 Å². The van der Waals surface area contributed by atoms with Gasteiger partial charge in [-0.25, -0.2) is 0 Å². The fourth-order valence-electron chi connectivity index (χ4n) is 5.31. The predicted octanol–water partition coefficient (Wildman–Crippen LogP) is 5.10. The molecule has 0 spiro atoms. The monoisotopic (exact) mass is 582 g/mol. The zero-order valence-electron chi connectivity index (χ0n) is 22.0. The van der Waals surface area contributed by atoms with Crippen LogP contribution in [0.15, 0.2) is 60.7 Å². The fourth-order valence-corrected chi connectivity index (χ4v) is 5.83. The number of hydrogen-bond donors (Lipinski definition) is 2. The summed E-state index contributed by atoms with van der Waals surface area (Å²) >= 11 is 11.8. The van der Waals surface area contributed by atoms with Gasteiger partial charge in [-0.2, -0.15) is 0 Å². The zero-order chi connectivity index (χ0) is 28.6. The first kappa shape index (κ1) is 27.5. The first-order valence-electron chi connectivity index (χ1n) is 12.5. The number of benzene rings is 3. The topological polar surface area (TPSA) is 115 Å². The number of nitro groups is 1. The number of nitrogens with one attached hydrogen (secondary N) is 2. The molecule has 5 rings (SSSR count). The molecule has 2 N–H and O–H groups in total. The largest absolute Gasteiger partial charge is 0.493 e. The van der Waals surface area contributed by atoms with E-state index in [2.05, 4.69) is 10.6 Å². The van der Waals surface area contributed by atoms with E-state index in [4.69, 9.17) is 38.0 Å². The Labute approximate surface area is 241 Å². The maximum absolute atomic E-state index is 13.9. The summed E-state index contributed by atoms with van der Waals surface area (Å²) in [6.07, 6.45) is 0.560. The summed E-state index contributed by atoms with van der Waals surface area (Å²) in [4.78, 5) is 26.8. The molecule has 1 saturated heterocycles. The van der Waals surface area contributed by atoms with E-state index < -0.39 is 22.6 Å². The highest BCUT2D eigenvalue weighted by Crippen LogP contribution is 2.49. The molecule has 0 aliphatic carbocycles. The highest BCUT2D eigenvalue weighted by Gasteiger charge is 2.58. The van der Waals surface area contributed by atoms with Gasteiger partial charge in [-0.1, -0.05) is 17.7 Å². The summed E-state index contributed by atoms with van der Waals surface area (Å²) < 4.78 is 17.3. The molecule has 3 atom stereocenters. The van der Waals surface area contributed by atoms with Gasteiger partial charge >= 0.3 is 0 Å². The van der Waals surface area contributed by atoms with Gasteiger partial charge in [0.05, 0.1) is 25.2 Å². The lowest BCUT2D eigenvalue weighted by molar-refractivity contribution is -0.385. The molecule has 208 valence electrons.